The van der Waals surface area contributed by atoms with Gasteiger partial charge in [-0.1, -0.05) is 20.3 Å². The molecular weight excluding hydrogens is 298 g/mol. The van der Waals surface area contributed by atoms with Crippen LogP contribution in [0.4, 0.5) is 0 Å². The van der Waals surface area contributed by atoms with Crippen LogP contribution in [-0.4, -0.2) is 25.5 Å². The van der Waals surface area contributed by atoms with E-state index < -0.39 is 16.0 Å². The molecule has 0 bridgehead atoms. The van der Waals surface area contributed by atoms with Crippen molar-refractivity contribution in [1.29, 1.82) is 0 Å². The van der Waals surface area contributed by atoms with Crippen molar-refractivity contribution in [2.45, 2.75) is 44.0 Å². The van der Waals surface area contributed by atoms with Gasteiger partial charge in [0, 0.05) is 11.4 Å². The van der Waals surface area contributed by atoms with E-state index in [1.165, 1.54) is 11.4 Å². The first-order valence-corrected chi connectivity index (χ1v) is 9.05. The van der Waals surface area contributed by atoms with Crippen molar-refractivity contribution >= 4 is 27.3 Å². The fourth-order valence-electron chi connectivity index (χ4n) is 2.83. The summed E-state index contributed by atoms with van der Waals surface area (Å²) in [6, 6.07) is 1.16. The molecule has 112 valence electrons. The van der Waals surface area contributed by atoms with Gasteiger partial charge in [-0.2, -0.15) is 0 Å². The molecular formula is C13H19NO4S2. The SMILES string of the molecule is CCC1CCC(NS(=O)(=O)c2csc(C(=O)O)c2)C1C. The second-order valence-electron chi connectivity index (χ2n) is 5.28. The Bertz CT molecular complexity index is 593. The van der Waals surface area contributed by atoms with Crippen molar-refractivity contribution in [3.8, 4) is 0 Å². The zero-order valence-electron chi connectivity index (χ0n) is 11.5. The Balaban J connectivity index is 2.13. The van der Waals surface area contributed by atoms with Gasteiger partial charge in [-0.25, -0.2) is 17.9 Å². The number of aromatic carboxylic acids is 1. The van der Waals surface area contributed by atoms with E-state index in [2.05, 4.69) is 18.6 Å². The molecule has 1 aromatic heterocycles. The Morgan fingerprint density at radius 2 is 2.20 bits per heavy atom. The molecule has 0 aromatic carbocycles. The van der Waals surface area contributed by atoms with Gasteiger partial charge in [0.15, 0.2) is 0 Å². The van der Waals surface area contributed by atoms with Gasteiger partial charge in [0.25, 0.3) is 0 Å². The molecule has 2 rings (SSSR count). The van der Waals surface area contributed by atoms with E-state index in [9.17, 15) is 13.2 Å². The lowest BCUT2D eigenvalue weighted by Gasteiger charge is -2.20. The number of thiophene rings is 1. The molecule has 0 amide bonds. The fourth-order valence-corrected chi connectivity index (χ4v) is 5.30. The average molecular weight is 317 g/mol. The third-order valence-corrected chi connectivity index (χ3v) is 6.69. The Labute approximate surface area is 123 Å². The van der Waals surface area contributed by atoms with Gasteiger partial charge in [-0.3, -0.25) is 0 Å². The van der Waals surface area contributed by atoms with Gasteiger partial charge in [0.2, 0.25) is 10.0 Å². The maximum absolute atomic E-state index is 12.3. The quantitative estimate of drug-likeness (QED) is 0.874. The first-order valence-electron chi connectivity index (χ1n) is 6.69. The van der Waals surface area contributed by atoms with Crippen LogP contribution in [0.2, 0.25) is 0 Å². The van der Waals surface area contributed by atoms with Crippen molar-refractivity contribution in [2.24, 2.45) is 11.8 Å². The molecule has 1 aliphatic carbocycles. The molecule has 7 heteroatoms. The average Bonchev–Trinajstić information content (AvgIpc) is 2.98. The van der Waals surface area contributed by atoms with Crippen molar-refractivity contribution in [2.75, 3.05) is 0 Å². The normalized spacial score (nSPS) is 26.8. The lowest BCUT2D eigenvalue weighted by atomic mass is 9.94. The van der Waals surface area contributed by atoms with Gasteiger partial charge >= 0.3 is 5.97 Å². The summed E-state index contributed by atoms with van der Waals surface area (Å²) in [7, 11) is -3.62. The van der Waals surface area contributed by atoms with Crippen molar-refractivity contribution < 1.29 is 18.3 Å². The number of sulfonamides is 1. The van der Waals surface area contributed by atoms with Crippen LogP contribution < -0.4 is 4.72 Å². The summed E-state index contributed by atoms with van der Waals surface area (Å²) in [6.07, 6.45) is 2.94. The summed E-state index contributed by atoms with van der Waals surface area (Å²) in [5.41, 5.74) is 0. The van der Waals surface area contributed by atoms with Gasteiger partial charge in [0.05, 0.1) is 4.90 Å². The smallest absolute Gasteiger partial charge is 0.345 e. The van der Waals surface area contributed by atoms with Crippen LogP contribution in [0.25, 0.3) is 0 Å². The van der Waals surface area contributed by atoms with Crippen LogP contribution >= 0.6 is 11.3 Å². The van der Waals surface area contributed by atoms with Crippen LogP contribution in [0, 0.1) is 11.8 Å². The maximum Gasteiger partial charge on any atom is 0.345 e. The summed E-state index contributed by atoms with van der Waals surface area (Å²) in [5.74, 6) is -0.233. The largest absolute Gasteiger partial charge is 0.477 e. The number of rotatable bonds is 5. The van der Waals surface area contributed by atoms with Gasteiger partial charge in [0.1, 0.15) is 4.88 Å². The third-order valence-electron chi connectivity index (χ3n) is 4.15. The van der Waals surface area contributed by atoms with E-state index in [1.807, 2.05) is 0 Å². The van der Waals surface area contributed by atoms with E-state index >= 15 is 0 Å². The Morgan fingerprint density at radius 3 is 2.70 bits per heavy atom. The lowest BCUT2D eigenvalue weighted by molar-refractivity contribution is 0.0702. The molecule has 1 aromatic rings. The maximum atomic E-state index is 12.3. The van der Waals surface area contributed by atoms with Gasteiger partial charge in [-0.05, 0) is 30.7 Å². The van der Waals surface area contributed by atoms with Crippen molar-refractivity contribution in [3.05, 3.63) is 16.3 Å². The highest BCUT2D eigenvalue weighted by molar-refractivity contribution is 7.89. The summed E-state index contributed by atoms with van der Waals surface area (Å²) in [6.45, 7) is 4.20. The third kappa shape index (κ3) is 3.05. The van der Waals surface area contributed by atoms with Crippen LogP contribution in [0.5, 0.6) is 0 Å². The number of carboxylic acids is 1. The molecule has 0 aliphatic heterocycles. The minimum atomic E-state index is -3.62. The molecule has 5 nitrogen and oxygen atoms in total. The molecule has 0 saturated heterocycles. The topological polar surface area (TPSA) is 83.5 Å². The molecule has 1 saturated carbocycles. The van der Waals surface area contributed by atoms with Gasteiger partial charge in [-0.15, -0.1) is 11.3 Å². The standard InChI is InChI=1S/C13H19NO4S2/c1-3-9-4-5-11(8(9)2)14-20(17,18)10-6-12(13(15)16)19-7-10/h6-9,11,14H,3-5H2,1-2H3,(H,15,16). The minimum absolute atomic E-state index is 0.0382. The first-order chi connectivity index (χ1) is 9.35. The first kappa shape index (κ1) is 15.5. The lowest BCUT2D eigenvalue weighted by Crippen LogP contribution is -2.37. The number of carbonyl (C=O) groups is 1. The van der Waals surface area contributed by atoms with E-state index in [-0.39, 0.29) is 15.8 Å². The number of nitrogens with one attached hydrogen (secondary N) is 1. The molecule has 1 aliphatic rings. The number of carboxylic acid groups (broad SMARTS) is 1. The molecule has 0 spiro atoms. The summed E-state index contributed by atoms with van der Waals surface area (Å²) >= 11 is 0.930. The monoisotopic (exact) mass is 317 g/mol. The molecule has 1 fully saturated rings. The van der Waals surface area contributed by atoms with Crippen LogP contribution in [0.15, 0.2) is 16.3 Å². The predicted octanol–water partition coefficient (Wildman–Crippen LogP) is 2.55. The van der Waals surface area contributed by atoms with E-state index in [0.717, 1.165) is 30.6 Å². The van der Waals surface area contributed by atoms with Crippen LogP contribution in [0.3, 0.4) is 0 Å². The molecule has 3 atom stereocenters. The zero-order chi connectivity index (χ0) is 14.9. The Kier molecular flexibility index (Phi) is 4.51. The minimum Gasteiger partial charge on any atom is -0.477 e. The second-order valence-corrected chi connectivity index (χ2v) is 7.91. The highest BCUT2D eigenvalue weighted by Gasteiger charge is 2.34. The van der Waals surface area contributed by atoms with Crippen molar-refractivity contribution in [1.82, 2.24) is 4.72 Å². The highest BCUT2D eigenvalue weighted by atomic mass is 32.2. The van der Waals surface area contributed by atoms with Gasteiger partial charge < -0.3 is 5.11 Å². The predicted molar refractivity (Wildman–Crippen MR) is 77.6 cm³/mol. The van der Waals surface area contributed by atoms with E-state index in [1.54, 1.807) is 0 Å². The summed E-state index contributed by atoms with van der Waals surface area (Å²) in [5, 5.41) is 10.2. The van der Waals surface area contributed by atoms with E-state index in [4.69, 9.17) is 5.11 Å². The van der Waals surface area contributed by atoms with E-state index in [0.29, 0.717) is 11.8 Å². The number of hydrogen-bond donors (Lipinski definition) is 2. The highest BCUT2D eigenvalue weighted by Crippen LogP contribution is 2.34. The molecule has 20 heavy (non-hydrogen) atoms. The molecule has 2 N–H and O–H groups in total. The Hall–Kier alpha value is -0.920. The summed E-state index contributed by atoms with van der Waals surface area (Å²) < 4.78 is 27.3. The summed E-state index contributed by atoms with van der Waals surface area (Å²) in [4.78, 5) is 10.9. The van der Waals surface area contributed by atoms with Crippen LogP contribution in [-0.2, 0) is 10.0 Å². The van der Waals surface area contributed by atoms with Crippen LogP contribution in [0.1, 0.15) is 42.8 Å². The molecule has 3 unspecified atom stereocenters. The fraction of sp³-hybridized carbons (Fsp3) is 0.615. The molecule has 1 heterocycles. The number of hydrogen-bond acceptors (Lipinski definition) is 4. The zero-order valence-corrected chi connectivity index (χ0v) is 13.1. The Morgan fingerprint density at radius 1 is 1.50 bits per heavy atom. The second kappa shape index (κ2) is 5.83. The molecule has 0 radical (unpaired) electrons. The van der Waals surface area contributed by atoms with Crippen molar-refractivity contribution in [3.63, 3.8) is 0 Å².